The van der Waals surface area contributed by atoms with Gasteiger partial charge in [-0.05, 0) is 33.6 Å². The van der Waals surface area contributed by atoms with Crippen molar-refractivity contribution in [3.63, 3.8) is 0 Å². The third-order valence-corrected chi connectivity index (χ3v) is 3.98. The molecule has 8 heteroatoms. The van der Waals surface area contributed by atoms with E-state index in [2.05, 4.69) is 5.32 Å². The second-order valence-corrected chi connectivity index (χ2v) is 7.18. The summed E-state index contributed by atoms with van der Waals surface area (Å²) in [4.78, 5) is 37.8. The van der Waals surface area contributed by atoms with Gasteiger partial charge in [0.1, 0.15) is 11.3 Å². The normalized spacial score (nSPS) is 16.1. The fourth-order valence-electron chi connectivity index (χ4n) is 2.75. The predicted octanol–water partition coefficient (Wildman–Crippen LogP) is 0.578. The molecule has 1 aliphatic rings. The topological polar surface area (TPSA) is 85.6 Å². The van der Waals surface area contributed by atoms with Crippen LogP contribution >= 0.6 is 0 Å². The number of aromatic nitrogens is 2. The number of piperidine rings is 1. The van der Waals surface area contributed by atoms with Crippen LogP contribution < -0.4 is 21.5 Å². The minimum absolute atomic E-state index is 0.0208. The number of hydrogen-bond acceptors (Lipinski definition) is 5. The fraction of sp³-hybridized carbons (Fsp3) is 0.688. The van der Waals surface area contributed by atoms with Crippen molar-refractivity contribution in [2.45, 2.75) is 45.3 Å². The molecule has 2 rings (SSSR count). The highest BCUT2D eigenvalue weighted by molar-refractivity contribution is 5.68. The predicted molar refractivity (Wildman–Crippen MR) is 91.5 cm³/mol. The number of carbonyl (C=O) groups is 1. The zero-order chi connectivity index (χ0) is 18.1. The average Bonchev–Trinajstić information content (AvgIpc) is 2.48. The molecule has 2 heterocycles. The van der Waals surface area contributed by atoms with Crippen LogP contribution in [0.15, 0.2) is 15.8 Å². The number of hydrogen-bond donors (Lipinski definition) is 1. The van der Waals surface area contributed by atoms with Gasteiger partial charge in [0.15, 0.2) is 0 Å². The molecule has 1 saturated heterocycles. The Morgan fingerprint density at radius 3 is 2.33 bits per heavy atom. The van der Waals surface area contributed by atoms with Crippen LogP contribution in [0.3, 0.4) is 0 Å². The van der Waals surface area contributed by atoms with Crippen LogP contribution in [0.2, 0.25) is 0 Å². The van der Waals surface area contributed by atoms with E-state index in [-0.39, 0.29) is 17.3 Å². The average molecular weight is 338 g/mol. The van der Waals surface area contributed by atoms with Gasteiger partial charge in [-0.25, -0.2) is 9.59 Å². The Hall–Kier alpha value is -2.25. The maximum Gasteiger partial charge on any atom is 0.407 e. The third-order valence-electron chi connectivity index (χ3n) is 3.98. The molecule has 0 unspecified atom stereocenters. The third kappa shape index (κ3) is 4.18. The maximum atomic E-state index is 12.3. The first-order valence-electron chi connectivity index (χ1n) is 8.09. The molecule has 0 radical (unpaired) electrons. The molecule has 0 spiro atoms. The largest absolute Gasteiger partial charge is 0.444 e. The van der Waals surface area contributed by atoms with Crippen molar-refractivity contribution in [1.29, 1.82) is 0 Å². The summed E-state index contributed by atoms with van der Waals surface area (Å²) in [6, 6.07) is 0.0208. The number of amides is 1. The van der Waals surface area contributed by atoms with Crippen LogP contribution in [0.4, 0.5) is 10.5 Å². The number of aryl methyl sites for hydroxylation is 1. The van der Waals surface area contributed by atoms with Crippen molar-refractivity contribution < 1.29 is 9.53 Å². The first-order valence-corrected chi connectivity index (χ1v) is 8.09. The van der Waals surface area contributed by atoms with Crippen LogP contribution in [0.5, 0.6) is 0 Å². The Bertz CT molecular complexity index is 721. The lowest BCUT2D eigenvalue weighted by molar-refractivity contribution is 0.0497. The van der Waals surface area contributed by atoms with Crippen molar-refractivity contribution in [2.75, 3.05) is 18.0 Å². The second-order valence-electron chi connectivity index (χ2n) is 7.18. The fourth-order valence-corrected chi connectivity index (χ4v) is 2.75. The van der Waals surface area contributed by atoms with E-state index < -0.39 is 11.7 Å². The van der Waals surface area contributed by atoms with Crippen LogP contribution in [0.25, 0.3) is 0 Å². The summed E-state index contributed by atoms with van der Waals surface area (Å²) >= 11 is 0. The number of rotatable bonds is 2. The van der Waals surface area contributed by atoms with Crippen LogP contribution in [0.1, 0.15) is 33.6 Å². The monoisotopic (exact) mass is 338 g/mol. The first kappa shape index (κ1) is 18.1. The van der Waals surface area contributed by atoms with Gasteiger partial charge in [-0.1, -0.05) is 0 Å². The Morgan fingerprint density at radius 1 is 1.21 bits per heavy atom. The lowest BCUT2D eigenvalue weighted by atomic mass is 10.0. The van der Waals surface area contributed by atoms with Gasteiger partial charge in [-0.3, -0.25) is 9.36 Å². The highest BCUT2D eigenvalue weighted by Crippen LogP contribution is 2.16. The molecule has 1 N–H and O–H groups in total. The molecule has 0 saturated carbocycles. The second kappa shape index (κ2) is 6.70. The Kier molecular flexibility index (Phi) is 5.05. The van der Waals surface area contributed by atoms with Crippen molar-refractivity contribution in [1.82, 2.24) is 14.5 Å². The van der Waals surface area contributed by atoms with Gasteiger partial charge in [-0.2, -0.15) is 0 Å². The van der Waals surface area contributed by atoms with Gasteiger partial charge in [0.25, 0.3) is 5.56 Å². The van der Waals surface area contributed by atoms with Gasteiger partial charge < -0.3 is 19.5 Å². The van der Waals surface area contributed by atoms with E-state index in [1.165, 1.54) is 11.6 Å². The smallest absolute Gasteiger partial charge is 0.407 e. The summed E-state index contributed by atoms with van der Waals surface area (Å²) in [7, 11) is 3.10. The molecule has 1 fully saturated rings. The molecule has 24 heavy (non-hydrogen) atoms. The Morgan fingerprint density at radius 2 is 1.79 bits per heavy atom. The highest BCUT2D eigenvalue weighted by Gasteiger charge is 2.25. The number of alkyl carbamates (subject to hydrolysis) is 1. The minimum Gasteiger partial charge on any atom is -0.444 e. The lowest BCUT2D eigenvalue weighted by Crippen LogP contribution is -2.48. The molecular formula is C16H26N4O4. The summed E-state index contributed by atoms with van der Waals surface area (Å²) in [5.41, 5.74) is -0.650. The summed E-state index contributed by atoms with van der Waals surface area (Å²) in [6.45, 7) is 6.74. The van der Waals surface area contributed by atoms with Gasteiger partial charge in [0, 0.05) is 39.4 Å². The summed E-state index contributed by atoms with van der Waals surface area (Å²) < 4.78 is 7.78. The number of nitrogens with one attached hydrogen (secondary N) is 1. The van der Waals surface area contributed by atoms with E-state index >= 15 is 0 Å². The summed E-state index contributed by atoms with van der Waals surface area (Å²) in [5, 5.41) is 2.87. The number of carbonyl (C=O) groups excluding carboxylic acids is 1. The van der Waals surface area contributed by atoms with Gasteiger partial charge in [0.05, 0.1) is 0 Å². The van der Waals surface area contributed by atoms with Gasteiger partial charge in [0.2, 0.25) is 0 Å². The van der Waals surface area contributed by atoms with E-state index in [9.17, 15) is 14.4 Å². The highest BCUT2D eigenvalue weighted by atomic mass is 16.6. The van der Waals surface area contributed by atoms with Gasteiger partial charge >= 0.3 is 11.8 Å². The lowest BCUT2D eigenvalue weighted by Gasteiger charge is -2.34. The van der Waals surface area contributed by atoms with E-state index in [4.69, 9.17) is 4.74 Å². The van der Waals surface area contributed by atoms with Crippen LogP contribution in [0, 0.1) is 0 Å². The van der Waals surface area contributed by atoms with Crippen molar-refractivity contribution in [2.24, 2.45) is 14.1 Å². The van der Waals surface area contributed by atoms with Gasteiger partial charge in [-0.15, -0.1) is 0 Å². The van der Waals surface area contributed by atoms with Crippen molar-refractivity contribution >= 4 is 11.8 Å². The zero-order valence-electron chi connectivity index (χ0n) is 15.0. The molecular weight excluding hydrogens is 312 g/mol. The molecule has 134 valence electrons. The van der Waals surface area contributed by atoms with Crippen LogP contribution in [-0.4, -0.2) is 40.0 Å². The summed E-state index contributed by atoms with van der Waals surface area (Å²) in [5.74, 6) is 0. The first-order chi connectivity index (χ1) is 11.1. The quantitative estimate of drug-likeness (QED) is 0.852. The number of ether oxygens (including phenoxy) is 1. The molecule has 0 aromatic carbocycles. The zero-order valence-corrected chi connectivity index (χ0v) is 15.0. The van der Waals surface area contributed by atoms with Crippen molar-refractivity contribution in [3.8, 4) is 0 Å². The molecule has 1 aliphatic heterocycles. The molecule has 0 bridgehead atoms. The molecule has 8 nitrogen and oxygen atoms in total. The maximum absolute atomic E-state index is 12.3. The van der Waals surface area contributed by atoms with E-state index in [1.54, 1.807) is 13.2 Å². The SMILES string of the molecule is Cn1cc(N2CCC(NC(=O)OC(C)(C)C)CC2)c(=O)n(C)c1=O. The Labute approximate surface area is 141 Å². The van der Waals surface area contributed by atoms with E-state index in [1.807, 2.05) is 25.7 Å². The standard InChI is InChI=1S/C16H26N4O4/c1-16(2,3)24-14(22)17-11-6-8-20(9-7-11)12-10-18(4)15(23)19(5)13(12)21/h10-11H,6-9H2,1-5H3,(H,17,22). The van der Waals surface area contributed by atoms with Crippen LogP contribution in [-0.2, 0) is 18.8 Å². The molecule has 0 atom stereocenters. The van der Waals surface area contributed by atoms with E-state index in [0.29, 0.717) is 31.6 Å². The minimum atomic E-state index is -0.522. The molecule has 0 aliphatic carbocycles. The van der Waals surface area contributed by atoms with Crippen molar-refractivity contribution in [3.05, 3.63) is 27.0 Å². The summed E-state index contributed by atoms with van der Waals surface area (Å²) in [6.07, 6.45) is 2.59. The number of nitrogens with zero attached hydrogens (tertiary/aromatic N) is 3. The molecule has 1 aromatic heterocycles. The molecule has 1 aromatic rings. The molecule has 1 amide bonds. The van der Waals surface area contributed by atoms with E-state index in [0.717, 1.165) is 4.57 Å². The number of anilines is 1. The Balaban J connectivity index is 2.00.